The van der Waals surface area contributed by atoms with Crippen molar-refractivity contribution in [1.82, 2.24) is 9.80 Å². The first-order valence-corrected chi connectivity index (χ1v) is 9.65. The largest absolute Gasteiger partial charge is 0.480 e. The van der Waals surface area contributed by atoms with Gasteiger partial charge in [-0.3, -0.25) is 9.59 Å². The molecule has 2 aliphatic heterocycles. The highest BCUT2D eigenvalue weighted by Gasteiger charge is 2.47. The second-order valence-electron chi connectivity index (χ2n) is 8.14. The maximum atomic E-state index is 13.1. The van der Waals surface area contributed by atoms with Crippen molar-refractivity contribution in [2.24, 2.45) is 5.92 Å². The molecule has 0 spiro atoms. The van der Waals surface area contributed by atoms with Crippen molar-refractivity contribution in [3.8, 4) is 0 Å². The number of benzene rings is 1. The molecule has 2 amide bonds. The summed E-state index contributed by atoms with van der Waals surface area (Å²) in [4.78, 5) is 40.9. The summed E-state index contributed by atoms with van der Waals surface area (Å²) in [6.07, 6.45) is 2.63. The van der Waals surface area contributed by atoms with E-state index in [4.69, 9.17) is 0 Å². The van der Waals surface area contributed by atoms with E-state index in [0.717, 1.165) is 17.5 Å². The summed E-state index contributed by atoms with van der Waals surface area (Å²) in [6.45, 7) is 7.02. The Morgan fingerprint density at radius 2 is 1.74 bits per heavy atom. The minimum atomic E-state index is -1.13. The van der Waals surface area contributed by atoms with Crippen molar-refractivity contribution in [3.05, 3.63) is 34.9 Å². The molecule has 0 radical (unpaired) electrons. The van der Waals surface area contributed by atoms with Crippen LogP contribution in [0.4, 0.5) is 0 Å². The van der Waals surface area contributed by atoms with E-state index < -0.39 is 11.5 Å². The van der Waals surface area contributed by atoms with Gasteiger partial charge in [-0.15, -0.1) is 0 Å². The van der Waals surface area contributed by atoms with E-state index in [1.165, 1.54) is 4.90 Å². The quantitative estimate of drug-likeness (QED) is 0.885. The molecule has 1 N–H and O–H groups in total. The summed E-state index contributed by atoms with van der Waals surface area (Å²) < 4.78 is 0. The zero-order valence-corrected chi connectivity index (χ0v) is 16.3. The fraction of sp³-hybridized carbons (Fsp3) is 0.571. The third kappa shape index (κ3) is 3.70. The monoisotopic (exact) mass is 372 g/mol. The number of hydrogen-bond acceptors (Lipinski definition) is 3. The number of carboxylic acid groups (broad SMARTS) is 1. The number of hydrogen-bond donors (Lipinski definition) is 1. The molecule has 2 unspecified atom stereocenters. The third-order valence-electron chi connectivity index (χ3n) is 5.89. The van der Waals surface area contributed by atoms with Crippen LogP contribution in [0, 0.1) is 19.8 Å². The van der Waals surface area contributed by atoms with E-state index in [1.54, 1.807) is 11.8 Å². The number of rotatable bonds is 3. The highest BCUT2D eigenvalue weighted by molar-refractivity contribution is 5.95. The second-order valence-corrected chi connectivity index (χ2v) is 8.14. The fourth-order valence-electron chi connectivity index (χ4n) is 4.40. The molecule has 6 nitrogen and oxygen atoms in total. The predicted octanol–water partition coefficient (Wildman–Crippen LogP) is 2.62. The van der Waals surface area contributed by atoms with E-state index in [9.17, 15) is 19.5 Å². The molecule has 2 fully saturated rings. The van der Waals surface area contributed by atoms with Gasteiger partial charge in [0.1, 0.15) is 5.54 Å². The lowest BCUT2D eigenvalue weighted by atomic mass is 9.92. The van der Waals surface area contributed by atoms with E-state index in [0.29, 0.717) is 44.5 Å². The first-order valence-electron chi connectivity index (χ1n) is 9.65. The zero-order valence-electron chi connectivity index (χ0n) is 16.3. The van der Waals surface area contributed by atoms with Crippen molar-refractivity contribution < 1.29 is 19.5 Å². The molecule has 1 aromatic carbocycles. The van der Waals surface area contributed by atoms with Gasteiger partial charge in [0.05, 0.1) is 5.92 Å². The number of carbonyl (C=O) groups is 3. The average molecular weight is 372 g/mol. The molecule has 2 aliphatic rings. The summed E-state index contributed by atoms with van der Waals surface area (Å²) in [7, 11) is 0. The van der Waals surface area contributed by atoms with Crippen LogP contribution in [0.5, 0.6) is 0 Å². The lowest BCUT2D eigenvalue weighted by Crippen LogP contribution is -2.55. The Bertz CT molecular complexity index is 755. The second kappa shape index (κ2) is 7.33. The topological polar surface area (TPSA) is 77.9 Å². The minimum Gasteiger partial charge on any atom is -0.480 e. The van der Waals surface area contributed by atoms with Gasteiger partial charge < -0.3 is 14.9 Å². The van der Waals surface area contributed by atoms with Gasteiger partial charge in [0.2, 0.25) is 5.91 Å². The maximum absolute atomic E-state index is 13.1. The number of amides is 2. The molecule has 0 aromatic heterocycles. The fourth-order valence-corrected chi connectivity index (χ4v) is 4.40. The van der Waals surface area contributed by atoms with Crippen LogP contribution < -0.4 is 0 Å². The molecule has 27 heavy (non-hydrogen) atoms. The molecule has 0 saturated carbocycles. The predicted molar refractivity (Wildman–Crippen MR) is 102 cm³/mol. The van der Waals surface area contributed by atoms with Crippen LogP contribution in [0.15, 0.2) is 18.2 Å². The molecule has 2 heterocycles. The molecule has 146 valence electrons. The van der Waals surface area contributed by atoms with E-state index >= 15 is 0 Å². The molecule has 3 rings (SSSR count). The van der Waals surface area contributed by atoms with E-state index in [1.807, 2.05) is 32.0 Å². The number of piperidine rings is 1. The van der Waals surface area contributed by atoms with Crippen molar-refractivity contribution in [1.29, 1.82) is 0 Å². The molecule has 2 atom stereocenters. The van der Waals surface area contributed by atoms with Crippen LogP contribution in [0.1, 0.15) is 54.1 Å². The normalized spacial score (nSPS) is 25.5. The summed E-state index contributed by atoms with van der Waals surface area (Å²) in [5.41, 5.74) is 1.60. The van der Waals surface area contributed by atoms with Crippen molar-refractivity contribution in [2.75, 3.05) is 19.6 Å². The number of likely N-dealkylation sites (tertiary alicyclic amines) is 2. The molecule has 2 saturated heterocycles. The van der Waals surface area contributed by atoms with Crippen molar-refractivity contribution in [3.63, 3.8) is 0 Å². The number of aliphatic carboxylic acids is 1. The highest BCUT2D eigenvalue weighted by Crippen LogP contribution is 2.32. The van der Waals surface area contributed by atoms with Gasteiger partial charge in [-0.1, -0.05) is 17.2 Å². The minimum absolute atomic E-state index is 0.0540. The molecule has 0 bridgehead atoms. The van der Waals surface area contributed by atoms with Gasteiger partial charge in [-0.2, -0.15) is 0 Å². The summed E-state index contributed by atoms with van der Waals surface area (Å²) in [5, 5.41) is 9.57. The van der Waals surface area contributed by atoms with E-state index in [2.05, 4.69) is 0 Å². The lowest BCUT2D eigenvalue weighted by molar-refractivity contribution is -0.157. The van der Waals surface area contributed by atoms with Gasteiger partial charge in [-0.25, -0.2) is 4.79 Å². The lowest BCUT2D eigenvalue weighted by Gasteiger charge is -2.38. The first-order chi connectivity index (χ1) is 12.7. The maximum Gasteiger partial charge on any atom is 0.329 e. The molecule has 0 aliphatic carbocycles. The van der Waals surface area contributed by atoms with Crippen LogP contribution in [0.25, 0.3) is 0 Å². The average Bonchev–Trinajstić information content (AvgIpc) is 3.03. The van der Waals surface area contributed by atoms with Gasteiger partial charge >= 0.3 is 5.97 Å². The van der Waals surface area contributed by atoms with Crippen LogP contribution in [-0.2, 0) is 9.59 Å². The van der Waals surface area contributed by atoms with Crippen molar-refractivity contribution >= 4 is 17.8 Å². The highest BCUT2D eigenvalue weighted by atomic mass is 16.4. The SMILES string of the molecule is Cc1cc(C)cc(C(=O)N2CCCC(C(=O)N3CCCC3(C)C(=O)O)C2)c1. The molecular weight excluding hydrogens is 344 g/mol. The van der Waals surface area contributed by atoms with Crippen LogP contribution in [0.3, 0.4) is 0 Å². The van der Waals surface area contributed by atoms with Gasteiger partial charge in [0.25, 0.3) is 5.91 Å². The van der Waals surface area contributed by atoms with Crippen LogP contribution in [-0.4, -0.2) is 57.9 Å². The van der Waals surface area contributed by atoms with Crippen LogP contribution >= 0.6 is 0 Å². The van der Waals surface area contributed by atoms with E-state index in [-0.39, 0.29) is 17.7 Å². The Hall–Kier alpha value is -2.37. The van der Waals surface area contributed by atoms with Crippen molar-refractivity contribution in [2.45, 2.75) is 52.0 Å². The summed E-state index contributed by atoms with van der Waals surface area (Å²) in [6, 6.07) is 5.78. The Labute approximate surface area is 160 Å². The van der Waals surface area contributed by atoms with Crippen LogP contribution in [0.2, 0.25) is 0 Å². The molecule has 6 heteroatoms. The van der Waals surface area contributed by atoms with Gasteiger partial charge in [0, 0.05) is 25.2 Å². The third-order valence-corrected chi connectivity index (χ3v) is 5.89. The standard InChI is InChI=1S/C21H28N2O4/c1-14-10-15(2)12-17(11-14)18(24)22-8-4-6-16(13-22)19(25)23-9-5-7-21(23,3)20(26)27/h10-12,16H,4-9,13H2,1-3H3,(H,26,27). The number of aryl methyl sites for hydroxylation is 2. The molecule has 1 aromatic rings. The first kappa shape index (κ1) is 19.4. The summed E-state index contributed by atoms with van der Waals surface area (Å²) in [5.74, 6) is -1.46. The molecular formula is C21H28N2O4. The Morgan fingerprint density at radius 3 is 2.37 bits per heavy atom. The smallest absolute Gasteiger partial charge is 0.329 e. The zero-order chi connectivity index (χ0) is 19.8. The van der Waals surface area contributed by atoms with Gasteiger partial charge in [0.15, 0.2) is 0 Å². The van der Waals surface area contributed by atoms with Gasteiger partial charge in [-0.05, 0) is 58.6 Å². The number of carboxylic acids is 1. The Kier molecular flexibility index (Phi) is 5.27. The Balaban J connectivity index is 1.75. The summed E-state index contributed by atoms with van der Waals surface area (Å²) >= 11 is 0. The Morgan fingerprint density at radius 1 is 1.07 bits per heavy atom. The number of nitrogens with zero attached hydrogens (tertiary/aromatic N) is 2. The number of carbonyl (C=O) groups excluding carboxylic acids is 2.